The average Bonchev–Trinajstić information content (AvgIpc) is 2.90. The first-order valence-electron chi connectivity index (χ1n) is 7.97. The molecule has 1 unspecified atom stereocenters. The highest BCUT2D eigenvalue weighted by Crippen LogP contribution is 2.25. The maximum Gasteiger partial charge on any atom is 0.178 e. The molecule has 0 aromatic carbocycles. The molecule has 1 saturated heterocycles. The summed E-state index contributed by atoms with van der Waals surface area (Å²) in [6.45, 7) is 10.9. The van der Waals surface area contributed by atoms with E-state index in [9.17, 15) is 0 Å². The number of rotatable bonds is 2. The van der Waals surface area contributed by atoms with Crippen molar-refractivity contribution in [3.05, 3.63) is 18.0 Å². The normalized spacial score (nSPS) is 20.2. The zero-order valence-corrected chi connectivity index (χ0v) is 13.5. The highest BCUT2D eigenvalue weighted by atomic mass is 15.4. The lowest BCUT2D eigenvalue weighted by molar-refractivity contribution is 0.402. The molecule has 2 aromatic rings. The lowest BCUT2D eigenvalue weighted by Gasteiger charge is -2.33. The first-order chi connectivity index (χ1) is 9.99. The fraction of sp³-hybridized carbons (Fsp3) is 0.688. The van der Waals surface area contributed by atoms with Crippen LogP contribution in [0.25, 0.3) is 5.65 Å². The van der Waals surface area contributed by atoms with E-state index in [1.165, 1.54) is 19.3 Å². The molecule has 1 aliphatic rings. The van der Waals surface area contributed by atoms with Crippen molar-refractivity contribution in [2.24, 2.45) is 5.92 Å². The van der Waals surface area contributed by atoms with Gasteiger partial charge in [-0.25, -0.2) is 0 Å². The molecule has 0 aliphatic carbocycles. The Morgan fingerprint density at radius 2 is 2.05 bits per heavy atom. The summed E-state index contributed by atoms with van der Waals surface area (Å²) >= 11 is 0. The third-order valence-corrected chi connectivity index (χ3v) is 4.34. The van der Waals surface area contributed by atoms with E-state index in [0.29, 0.717) is 0 Å². The number of hydrogen-bond donors (Lipinski definition) is 0. The third kappa shape index (κ3) is 2.74. The topological polar surface area (TPSA) is 46.3 Å². The number of nitrogens with zero attached hydrogens (tertiary/aromatic N) is 5. The molecule has 3 rings (SSSR count). The van der Waals surface area contributed by atoms with Gasteiger partial charge in [0.05, 0.1) is 0 Å². The Morgan fingerprint density at radius 3 is 2.76 bits per heavy atom. The average molecular weight is 287 g/mol. The summed E-state index contributed by atoms with van der Waals surface area (Å²) in [6.07, 6.45) is 3.85. The quantitative estimate of drug-likeness (QED) is 0.851. The largest absolute Gasteiger partial charge is 0.355 e. The number of fused-ring (bicyclic) bond motifs is 1. The van der Waals surface area contributed by atoms with Crippen molar-refractivity contribution in [2.75, 3.05) is 18.0 Å². The Morgan fingerprint density at radius 1 is 1.24 bits per heavy atom. The lowest BCUT2D eigenvalue weighted by Crippen LogP contribution is -2.36. The SMILES string of the molecule is CCC1CCCN(c2ccc3nnc(C(C)(C)C)n3n2)C1. The van der Waals surface area contributed by atoms with Gasteiger partial charge in [-0.3, -0.25) is 0 Å². The Balaban J connectivity index is 1.96. The third-order valence-electron chi connectivity index (χ3n) is 4.34. The lowest BCUT2D eigenvalue weighted by atomic mass is 9.95. The predicted molar refractivity (Wildman–Crippen MR) is 84.7 cm³/mol. The smallest absolute Gasteiger partial charge is 0.178 e. The van der Waals surface area contributed by atoms with Gasteiger partial charge in [0.2, 0.25) is 0 Å². The molecular weight excluding hydrogens is 262 g/mol. The van der Waals surface area contributed by atoms with Crippen molar-refractivity contribution < 1.29 is 0 Å². The molecule has 0 saturated carbocycles. The van der Waals surface area contributed by atoms with Crippen LogP contribution in [-0.4, -0.2) is 32.9 Å². The van der Waals surface area contributed by atoms with Crippen molar-refractivity contribution in [2.45, 2.75) is 52.4 Å². The zero-order valence-electron chi connectivity index (χ0n) is 13.5. The van der Waals surface area contributed by atoms with E-state index in [0.717, 1.165) is 36.3 Å². The van der Waals surface area contributed by atoms with Crippen LogP contribution in [0.4, 0.5) is 5.82 Å². The summed E-state index contributed by atoms with van der Waals surface area (Å²) in [4.78, 5) is 2.41. The van der Waals surface area contributed by atoms with Crippen LogP contribution in [0.15, 0.2) is 12.1 Å². The molecule has 0 radical (unpaired) electrons. The number of aromatic nitrogens is 4. The molecule has 5 nitrogen and oxygen atoms in total. The first kappa shape index (κ1) is 14.3. The van der Waals surface area contributed by atoms with Crippen LogP contribution >= 0.6 is 0 Å². The van der Waals surface area contributed by atoms with Gasteiger partial charge >= 0.3 is 0 Å². The summed E-state index contributed by atoms with van der Waals surface area (Å²) in [7, 11) is 0. The molecule has 5 heteroatoms. The van der Waals surface area contributed by atoms with Crippen molar-refractivity contribution >= 4 is 11.5 Å². The predicted octanol–water partition coefficient (Wildman–Crippen LogP) is 3.05. The van der Waals surface area contributed by atoms with E-state index < -0.39 is 0 Å². The van der Waals surface area contributed by atoms with Crippen molar-refractivity contribution in [1.82, 2.24) is 19.8 Å². The van der Waals surface area contributed by atoms with Gasteiger partial charge in [0, 0.05) is 18.5 Å². The van der Waals surface area contributed by atoms with Gasteiger partial charge < -0.3 is 4.90 Å². The van der Waals surface area contributed by atoms with Crippen molar-refractivity contribution in [3.8, 4) is 0 Å². The van der Waals surface area contributed by atoms with Gasteiger partial charge in [0.1, 0.15) is 5.82 Å². The second kappa shape index (κ2) is 5.28. The fourth-order valence-corrected chi connectivity index (χ4v) is 3.02. The highest BCUT2D eigenvalue weighted by Gasteiger charge is 2.24. The Labute approximate surface area is 126 Å². The summed E-state index contributed by atoms with van der Waals surface area (Å²) in [5.41, 5.74) is 0.770. The van der Waals surface area contributed by atoms with E-state index in [2.05, 4.69) is 48.9 Å². The summed E-state index contributed by atoms with van der Waals surface area (Å²) in [5, 5.41) is 13.4. The summed E-state index contributed by atoms with van der Waals surface area (Å²) < 4.78 is 1.91. The molecule has 1 atom stereocenters. The van der Waals surface area contributed by atoms with E-state index in [1.807, 2.05) is 10.6 Å². The summed E-state index contributed by atoms with van der Waals surface area (Å²) in [6, 6.07) is 4.11. The van der Waals surface area contributed by atoms with Crippen molar-refractivity contribution in [3.63, 3.8) is 0 Å². The van der Waals surface area contributed by atoms with Gasteiger partial charge in [0.15, 0.2) is 11.5 Å². The second-order valence-electron chi connectivity index (χ2n) is 7.10. The zero-order chi connectivity index (χ0) is 15.0. The molecule has 21 heavy (non-hydrogen) atoms. The van der Waals surface area contributed by atoms with Crippen LogP contribution in [0.1, 0.15) is 52.8 Å². The van der Waals surface area contributed by atoms with E-state index in [-0.39, 0.29) is 5.41 Å². The first-order valence-corrected chi connectivity index (χ1v) is 7.97. The number of hydrogen-bond acceptors (Lipinski definition) is 4. The van der Waals surface area contributed by atoms with Gasteiger partial charge in [0.25, 0.3) is 0 Å². The van der Waals surface area contributed by atoms with Crippen LogP contribution in [0.5, 0.6) is 0 Å². The Kier molecular flexibility index (Phi) is 3.59. The summed E-state index contributed by atoms with van der Waals surface area (Å²) in [5.74, 6) is 2.76. The number of anilines is 1. The minimum Gasteiger partial charge on any atom is -0.355 e. The van der Waals surface area contributed by atoms with E-state index in [4.69, 9.17) is 5.10 Å². The van der Waals surface area contributed by atoms with E-state index >= 15 is 0 Å². The van der Waals surface area contributed by atoms with Crippen LogP contribution in [0.2, 0.25) is 0 Å². The van der Waals surface area contributed by atoms with Crippen LogP contribution in [0, 0.1) is 5.92 Å². The molecule has 1 aliphatic heterocycles. The van der Waals surface area contributed by atoms with Gasteiger partial charge in [-0.1, -0.05) is 34.1 Å². The maximum atomic E-state index is 4.81. The molecule has 3 heterocycles. The monoisotopic (exact) mass is 287 g/mol. The van der Waals surface area contributed by atoms with E-state index in [1.54, 1.807) is 0 Å². The maximum absolute atomic E-state index is 4.81. The Bertz CT molecular complexity index is 625. The fourth-order valence-electron chi connectivity index (χ4n) is 3.02. The Hall–Kier alpha value is -1.65. The molecule has 0 spiro atoms. The molecule has 1 fully saturated rings. The standard InChI is InChI=1S/C16H25N5/c1-5-12-7-6-10-20(11-12)14-9-8-13-17-18-15(16(2,3)4)21(13)19-14/h8-9,12H,5-7,10-11H2,1-4H3. The number of piperidine rings is 1. The molecular formula is C16H25N5. The molecule has 2 aromatic heterocycles. The van der Waals surface area contributed by atoms with Crippen molar-refractivity contribution in [1.29, 1.82) is 0 Å². The highest BCUT2D eigenvalue weighted by molar-refractivity contribution is 5.46. The van der Waals surface area contributed by atoms with Crippen LogP contribution in [-0.2, 0) is 5.41 Å². The van der Waals surface area contributed by atoms with Gasteiger partial charge in [-0.05, 0) is 30.9 Å². The minimum atomic E-state index is -0.0567. The molecule has 0 N–H and O–H groups in total. The van der Waals surface area contributed by atoms with Gasteiger partial charge in [-0.2, -0.15) is 4.52 Å². The van der Waals surface area contributed by atoms with Crippen LogP contribution in [0.3, 0.4) is 0 Å². The molecule has 0 amide bonds. The van der Waals surface area contributed by atoms with Gasteiger partial charge in [-0.15, -0.1) is 15.3 Å². The molecule has 114 valence electrons. The second-order valence-corrected chi connectivity index (χ2v) is 7.10. The minimum absolute atomic E-state index is 0.0567. The van der Waals surface area contributed by atoms with Crippen LogP contribution < -0.4 is 4.90 Å². The molecule has 0 bridgehead atoms.